The van der Waals surface area contributed by atoms with Crippen LogP contribution in [0, 0.1) is 6.92 Å². The molecular weight excluding hydrogens is 377 g/mol. The van der Waals surface area contributed by atoms with E-state index in [0.29, 0.717) is 21.2 Å². The van der Waals surface area contributed by atoms with E-state index in [-0.39, 0.29) is 17.7 Å². The molecule has 0 saturated carbocycles. The summed E-state index contributed by atoms with van der Waals surface area (Å²) in [6, 6.07) is 12.2. The fraction of sp³-hybridized carbons (Fsp3) is 0.0556. The van der Waals surface area contributed by atoms with Crippen LogP contribution in [0.25, 0.3) is 22.4 Å². The maximum atomic E-state index is 12.4. The first kappa shape index (κ1) is 16.6. The number of amides is 1. The lowest BCUT2D eigenvalue weighted by Gasteiger charge is -1.99. The summed E-state index contributed by atoms with van der Waals surface area (Å²) in [4.78, 5) is 12.4. The Morgan fingerprint density at radius 3 is 2.69 bits per heavy atom. The van der Waals surface area contributed by atoms with Crippen molar-refractivity contribution in [3.05, 3.63) is 63.8 Å². The molecule has 0 bridgehead atoms. The van der Waals surface area contributed by atoms with Crippen LogP contribution >= 0.6 is 23.2 Å². The first-order valence-electron chi connectivity index (χ1n) is 7.61. The second-order valence-corrected chi connectivity index (χ2v) is 6.44. The summed E-state index contributed by atoms with van der Waals surface area (Å²) in [6.45, 7) is 1.91. The first-order chi connectivity index (χ1) is 12.5. The van der Waals surface area contributed by atoms with E-state index < -0.39 is 5.91 Å². The van der Waals surface area contributed by atoms with E-state index in [9.17, 15) is 4.79 Å². The highest BCUT2D eigenvalue weighted by molar-refractivity contribution is 6.36. The van der Waals surface area contributed by atoms with E-state index >= 15 is 0 Å². The van der Waals surface area contributed by atoms with Crippen molar-refractivity contribution in [3.63, 3.8) is 0 Å². The molecule has 1 N–H and O–H groups in total. The quantitative estimate of drug-likeness (QED) is 0.512. The first-order valence-corrected chi connectivity index (χ1v) is 8.36. The highest BCUT2D eigenvalue weighted by Crippen LogP contribution is 2.30. The number of halogens is 2. The Balaban J connectivity index is 1.58. The maximum absolute atomic E-state index is 12.4. The Kier molecular flexibility index (Phi) is 4.14. The largest absolute Gasteiger partial charge is 0.451 e. The lowest BCUT2D eigenvalue weighted by molar-refractivity contribution is 0.0996. The average molecular weight is 388 g/mol. The van der Waals surface area contributed by atoms with Crippen molar-refractivity contribution in [3.8, 4) is 11.5 Å². The fourth-order valence-corrected chi connectivity index (χ4v) is 3.01. The Labute approximate surface area is 157 Å². The molecule has 4 rings (SSSR count). The molecular formula is C18H11Cl2N3O3. The van der Waals surface area contributed by atoms with Crippen molar-refractivity contribution in [2.24, 2.45) is 0 Å². The number of furan rings is 1. The van der Waals surface area contributed by atoms with Gasteiger partial charge in [0.25, 0.3) is 11.8 Å². The summed E-state index contributed by atoms with van der Waals surface area (Å²) in [7, 11) is 0. The number of fused-ring (bicyclic) bond motifs is 1. The van der Waals surface area contributed by atoms with Crippen LogP contribution in [-0.4, -0.2) is 16.1 Å². The van der Waals surface area contributed by atoms with Crippen molar-refractivity contribution in [1.29, 1.82) is 0 Å². The summed E-state index contributed by atoms with van der Waals surface area (Å²) in [5, 5.41) is 11.9. The summed E-state index contributed by atoms with van der Waals surface area (Å²) in [5.74, 6) is -0.168. The van der Waals surface area contributed by atoms with Gasteiger partial charge in [-0.2, -0.15) is 0 Å². The molecule has 2 aromatic heterocycles. The molecule has 130 valence electrons. The number of carbonyl (C=O) groups is 1. The van der Waals surface area contributed by atoms with Crippen molar-refractivity contribution < 1.29 is 13.6 Å². The van der Waals surface area contributed by atoms with E-state index in [2.05, 4.69) is 15.5 Å². The summed E-state index contributed by atoms with van der Waals surface area (Å²) in [5.41, 5.74) is 2.12. The molecule has 0 fully saturated rings. The lowest BCUT2D eigenvalue weighted by Crippen LogP contribution is -2.10. The number of hydrogen-bond acceptors (Lipinski definition) is 5. The third kappa shape index (κ3) is 3.05. The number of para-hydroxylation sites is 1. The zero-order chi connectivity index (χ0) is 18.3. The maximum Gasteiger partial charge on any atom is 0.322 e. The van der Waals surface area contributed by atoms with E-state index in [0.717, 1.165) is 10.9 Å². The van der Waals surface area contributed by atoms with E-state index in [1.54, 1.807) is 24.3 Å². The molecule has 0 radical (unpaired) electrons. The standard InChI is InChI=1S/C18H11Cl2N3O3/c1-9-3-2-4-10-7-14(25-15(9)10)16(24)21-18-23-22-17(26-18)12-6-5-11(19)8-13(12)20/h2-8H,1H3,(H,21,23,24). The Morgan fingerprint density at radius 1 is 1.08 bits per heavy atom. The van der Waals surface area contributed by atoms with Crippen LogP contribution in [0.3, 0.4) is 0 Å². The molecule has 2 aromatic carbocycles. The zero-order valence-electron chi connectivity index (χ0n) is 13.4. The van der Waals surface area contributed by atoms with E-state index in [1.165, 1.54) is 0 Å². The van der Waals surface area contributed by atoms with Gasteiger partial charge in [-0.25, -0.2) is 0 Å². The van der Waals surface area contributed by atoms with Gasteiger partial charge >= 0.3 is 6.01 Å². The van der Waals surface area contributed by atoms with Gasteiger partial charge in [0.1, 0.15) is 5.58 Å². The second kappa shape index (κ2) is 6.48. The predicted octanol–water partition coefficient (Wildman–Crippen LogP) is 5.35. The Hall–Kier alpha value is -2.83. The number of rotatable bonds is 3. The molecule has 1 amide bonds. The molecule has 0 aliphatic rings. The van der Waals surface area contributed by atoms with Crippen molar-refractivity contribution in [2.45, 2.75) is 6.92 Å². The molecule has 26 heavy (non-hydrogen) atoms. The second-order valence-electron chi connectivity index (χ2n) is 5.59. The minimum Gasteiger partial charge on any atom is -0.451 e. The highest BCUT2D eigenvalue weighted by atomic mass is 35.5. The van der Waals surface area contributed by atoms with Gasteiger partial charge in [0.05, 0.1) is 10.6 Å². The fourth-order valence-electron chi connectivity index (χ4n) is 2.53. The minimum atomic E-state index is -0.488. The third-order valence-corrected chi connectivity index (χ3v) is 4.32. The van der Waals surface area contributed by atoms with Gasteiger partial charge in [0.15, 0.2) is 5.76 Å². The average Bonchev–Trinajstić information content (AvgIpc) is 3.22. The molecule has 0 spiro atoms. The van der Waals surface area contributed by atoms with Crippen LogP contribution in [0.4, 0.5) is 6.01 Å². The SMILES string of the molecule is Cc1cccc2cc(C(=O)Nc3nnc(-c4ccc(Cl)cc4Cl)o3)oc12. The number of anilines is 1. The molecule has 8 heteroatoms. The molecule has 0 unspecified atom stereocenters. The number of carbonyl (C=O) groups excluding carboxylic acids is 1. The summed E-state index contributed by atoms with van der Waals surface area (Å²) >= 11 is 12.0. The predicted molar refractivity (Wildman–Crippen MR) is 98.7 cm³/mol. The molecule has 0 aliphatic carbocycles. The molecule has 6 nitrogen and oxygen atoms in total. The topological polar surface area (TPSA) is 81.2 Å². The Bertz CT molecular complexity index is 1130. The summed E-state index contributed by atoms with van der Waals surface area (Å²) in [6.07, 6.45) is 0. The van der Waals surface area contributed by atoms with Gasteiger partial charge in [-0.3, -0.25) is 10.1 Å². The Morgan fingerprint density at radius 2 is 1.92 bits per heavy atom. The van der Waals surface area contributed by atoms with Gasteiger partial charge < -0.3 is 8.83 Å². The van der Waals surface area contributed by atoms with E-state index in [4.69, 9.17) is 32.0 Å². The van der Waals surface area contributed by atoms with Crippen molar-refractivity contribution >= 4 is 46.1 Å². The van der Waals surface area contributed by atoms with Gasteiger partial charge in [0, 0.05) is 10.4 Å². The van der Waals surface area contributed by atoms with Gasteiger partial charge in [-0.05, 0) is 36.8 Å². The molecule has 0 atom stereocenters. The number of aryl methyl sites for hydroxylation is 1. The molecule has 0 saturated heterocycles. The highest BCUT2D eigenvalue weighted by Gasteiger charge is 2.18. The van der Waals surface area contributed by atoms with Crippen molar-refractivity contribution in [1.82, 2.24) is 10.2 Å². The number of benzene rings is 2. The van der Waals surface area contributed by atoms with Gasteiger partial charge in [0.2, 0.25) is 0 Å². The number of nitrogens with zero attached hydrogens (tertiary/aromatic N) is 2. The van der Waals surface area contributed by atoms with Gasteiger partial charge in [-0.1, -0.05) is 46.5 Å². The summed E-state index contributed by atoms with van der Waals surface area (Å²) < 4.78 is 11.1. The molecule has 0 aliphatic heterocycles. The zero-order valence-corrected chi connectivity index (χ0v) is 14.9. The van der Waals surface area contributed by atoms with E-state index in [1.807, 2.05) is 25.1 Å². The van der Waals surface area contributed by atoms with Crippen molar-refractivity contribution in [2.75, 3.05) is 5.32 Å². The van der Waals surface area contributed by atoms with Crippen LogP contribution in [0.5, 0.6) is 0 Å². The number of hydrogen-bond donors (Lipinski definition) is 1. The lowest BCUT2D eigenvalue weighted by atomic mass is 10.2. The van der Waals surface area contributed by atoms with Crippen LogP contribution in [0.15, 0.2) is 51.3 Å². The van der Waals surface area contributed by atoms with Crippen LogP contribution < -0.4 is 5.32 Å². The van der Waals surface area contributed by atoms with Gasteiger partial charge in [-0.15, -0.1) is 5.10 Å². The number of aromatic nitrogens is 2. The van der Waals surface area contributed by atoms with Crippen LogP contribution in [-0.2, 0) is 0 Å². The normalized spacial score (nSPS) is 11.0. The minimum absolute atomic E-state index is 0.0619. The van der Waals surface area contributed by atoms with Crippen LogP contribution in [0.1, 0.15) is 16.1 Å². The molecule has 4 aromatic rings. The third-order valence-electron chi connectivity index (χ3n) is 3.77. The molecule has 2 heterocycles. The van der Waals surface area contributed by atoms with Crippen LogP contribution in [0.2, 0.25) is 10.0 Å². The number of nitrogens with one attached hydrogen (secondary N) is 1. The smallest absolute Gasteiger partial charge is 0.322 e. The monoisotopic (exact) mass is 387 g/mol.